The number of nitrogens with zero attached hydrogens (tertiary/aromatic N) is 1. The van der Waals surface area contributed by atoms with Crippen molar-refractivity contribution < 1.29 is 13.2 Å². The van der Waals surface area contributed by atoms with E-state index in [2.05, 4.69) is 5.32 Å². The molecule has 31 heavy (non-hydrogen) atoms. The van der Waals surface area contributed by atoms with Crippen LogP contribution < -0.4 is 9.62 Å². The van der Waals surface area contributed by atoms with Crippen LogP contribution in [0.3, 0.4) is 0 Å². The molecule has 0 aliphatic heterocycles. The monoisotopic (exact) mass is 436 g/mol. The van der Waals surface area contributed by atoms with Gasteiger partial charge in [0, 0.05) is 6.54 Å². The summed E-state index contributed by atoms with van der Waals surface area (Å²) in [5, 5.41) is 2.89. The molecule has 3 aromatic carbocycles. The Kier molecular flexibility index (Phi) is 7.13. The van der Waals surface area contributed by atoms with Crippen molar-refractivity contribution in [3.8, 4) is 0 Å². The number of sulfonamides is 1. The molecule has 0 unspecified atom stereocenters. The van der Waals surface area contributed by atoms with E-state index < -0.39 is 10.0 Å². The molecule has 0 saturated heterocycles. The average molecular weight is 437 g/mol. The lowest BCUT2D eigenvalue weighted by Crippen LogP contribution is -2.42. The number of rotatable bonds is 8. The van der Waals surface area contributed by atoms with Gasteiger partial charge in [0.05, 0.1) is 10.6 Å². The van der Waals surface area contributed by atoms with Crippen molar-refractivity contribution in [3.05, 3.63) is 95.6 Å². The minimum Gasteiger partial charge on any atom is -0.354 e. The Balaban J connectivity index is 1.85. The van der Waals surface area contributed by atoms with Gasteiger partial charge in [-0.15, -0.1) is 0 Å². The minimum absolute atomic E-state index is 0.116. The van der Waals surface area contributed by atoms with E-state index in [9.17, 15) is 13.2 Å². The van der Waals surface area contributed by atoms with Crippen LogP contribution in [-0.4, -0.2) is 27.4 Å². The summed E-state index contributed by atoms with van der Waals surface area (Å²) in [4.78, 5) is 13.0. The SMILES string of the molecule is Cc1ccc(C)c(N(CC(=O)NC[C@@H](C)c2ccccc2)S(=O)(=O)c2ccccc2)c1. The van der Waals surface area contributed by atoms with Crippen molar-refractivity contribution in [1.82, 2.24) is 5.32 Å². The molecule has 5 nitrogen and oxygen atoms in total. The third-order valence-corrected chi connectivity index (χ3v) is 7.00. The van der Waals surface area contributed by atoms with Gasteiger partial charge in [0.15, 0.2) is 0 Å². The molecule has 0 heterocycles. The molecule has 0 spiro atoms. The van der Waals surface area contributed by atoms with Crippen LogP contribution in [0.1, 0.15) is 29.5 Å². The third kappa shape index (κ3) is 5.52. The van der Waals surface area contributed by atoms with E-state index >= 15 is 0 Å². The molecular formula is C25H28N2O3S. The molecule has 3 aromatic rings. The molecule has 1 atom stereocenters. The van der Waals surface area contributed by atoms with E-state index in [-0.39, 0.29) is 23.3 Å². The van der Waals surface area contributed by atoms with E-state index in [1.165, 1.54) is 4.31 Å². The van der Waals surface area contributed by atoms with Gasteiger partial charge in [0.25, 0.3) is 10.0 Å². The smallest absolute Gasteiger partial charge is 0.264 e. The van der Waals surface area contributed by atoms with Crippen molar-refractivity contribution in [2.24, 2.45) is 0 Å². The van der Waals surface area contributed by atoms with Crippen LogP contribution in [-0.2, 0) is 14.8 Å². The molecule has 0 aliphatic carbocycles. The average Bonchev–Trinajstić information content (AvgIpc) is 2.78. The Morgan fingerprint density at radius 1 is 0.935 bits per heavy atom. The first-order chi connectivity index (χ1) is 14.8. The normalized spacial score (nSPS) is 12.2. The number of carbonyl (C=O) groups excluding carboxylic acids is 1. The maximum absolute atomic E-state index is 13.4. The predicted octanol–water partition coefficient (Wildman–Crippen LogP) is 4.42. The van der Waals surface area contributed by atoms with Crippen LogP contribution in [0.2, 0.25) is 0 Å². The fourth-order valence-electron chi connectivity index (χ4n) is 3.36. The lowest BCUT2D eigenvalue weighted by molar-refractivity contribution is -0.119. The Morgan fingerprint density at radius 3 is 2.19 bits per heavy atom. The highest BCUT2D eigenvalue weighted by Gasteiger charge is 2.28. The molecule has 6 heteroatoms. The summed E-state index contributed by atoms with van der Waals surface area (Å²) in [6.07, 6.45) is 0. The van der Waals surface area contributed by atoms with Gasteiger partial charge < -0.3 is 5.32 Å². The molecule has 1 amide bonds. The van der Waals surface area contributed by atoms with Crippen LogP contribution in [0.15, 0.2) is 83.8 Å². The highest BCUT2D eigenvalue weighted by Crippen LogP contribution is 2.27. The maximum atomic E-state index is 13.4. The first kappa shape index (κ1) is 22.6. The molecule has 1 N–H and O–H groups in total. The predicted molar refractivity (Wildman–Crippen MR) is 125 cm³/mol. The summed E-state index contributed by atoms with van der Waals surface area (Å²) in [6, 6.07) is 23.7. The van der Waals surface area contributed by atoms with Crippen molar-refractivity contribution >= 4 is 21.6 Å². The zero-order valence-electron chi connectivity index (χ0n) is 18.1. The van der Waals surface area contributed by atoms with Crippen molar-refractivity contribution in [1.29, 1.82) is 0 Å². The van der Waals surface area contributed by atoms with Gasteiger partial charge in [-0.3, -0.25) is 9.10 Å². The first-order valence-electron chi connectivity index (χ1n) is 10.3. The molecule has 0 bridgehead atoms. The molecule has 0 radical (unpaired) electrons. The molecule has 0 aliphatic rings. The van der Waals surface area contributed by atoms with E-state index in [1.807, 2.05) is 63.2 Å². The molecule has 0 saturated carbocycles. The number of hydrogen-bond acceptors (Lipinski definition) is 3. The third-order valence-electron chi connectivity index (χ3n) is 5.23. The molecule has 0 fully saturated rings. The largest absolute Gasteiger partial charge is 0.354 e. The summed E-state index contributed by atoms with van der Waals surface area (Å²) < 4.78 is 28.1. The van der Waals surface area contributed by atoms with Crippen LogP contribution in [0.25, 0.3) is 0 Å². The van der Waals surface area contributed by atoms with Gasteiger partial charge in [0.2, 0.25) is 5.91 Å². The number of hydrogen-bond donors (Lipinski definition) is 1. The Hall–Kier alpha value is -3.12. The van der Waals surface area contributed by atoms with Gasteiger partial charge in [-0.1, -0.05) is 67.6 Å². The summed E-state index contributed by atoms with van der Waals surface area (Å²) in [6.45, 7) is 5.91. The fraction of sp³-hybridized carbons (Fsp3) is 0.240. The van der Waals surface area contributed by atoms with Gasteiger partial charge in [0.1, 0.15) is 6.54 Å². The van der Waals surface area contributed by atoms with Gasteiger partial charge in [-0.25, -0.2) is 8.42 Å². The lowest BCUT2D eigenvalue weighted by Gasteiger charge is -2.26. The fourth-order valence-corrected chi connectivity index (χ4v) is 4.86. The Labute approximate surface area is 184 Å². The zero-order chi connectivity index (χ0) is 22.4. The molecule has 3 rings (SSSR count). The van der Waals surface area contributed by atoms with E-state index in [1.54, 1.807) is 36.4 Å². The summed E-state index contributed by atoms with van der Waals surface area (Å²) in [5.41, 5.74) is 3.34. The molecule has 0 aromatic heterocycles. The number of nitrogens with one attached hydrogen (secondary N) is 1. The highest BCUT2D eigenvalue weighted by atomic mass is 32.2. The second-order valence-corrected chi connectivity index (χ2v) is 9.59. The highest BCUT2D eigenvalue weighted by molar-refractivity contribution is 7.92. The quantitative estimate of drug-likeness (QED) is 0.568. The second kappa shape index (κ2) is 9.79. The number of amides is 1. The zero-order valence-corrected chi connectivity index (χ0v) is 18.9. The number of aryl methyl sites for hydroxylation is 2. The number of benzene rings is 3. The standard InChI is InChI=1S/C25H28N2O3S/c1-19-14-15-20(2)24(16-19)27(31(29,30)23-12-8-5-9-13-23)18-25(28)26-17-21(3)22-10-6-4-7-11-22/h4-16,21H,17-18H2,1-3H3,(H,26,28)/t21-/m1/s1. The Bertz CT molecular complexity index is 1130. The van der Waals surface area contributed by atoms with E-state index in [0.29, 0.717) is 12.2 Å². The minimum atomic E-state index is -3.91. The summed E-state index contributed by atoms with van der Waals surface area (Å²) >= 11 is 0. The number of carbonyl (C=O) groups is 1. The summed E-state index contributed by atoms with van der Waals surface area (Å²) in [7, 11) is -3.91. The lowest BCUT2D eigenvalue weighted by atomic mass is 10.0. The van der Waals surface area contributed by atoms with Crippen molar-refractivity contribution in [3.63, 3.8) is 0 Å². The van der Waals surface area contributed by atoms with Crippen molar-refractivity contribution in [2.45, 2.75) is 31.6 Å². The van der Waals surface area contributed by atoms with Crippen LogP contribution >= 0.6 is 0 Å². The second-order valence-electron chi connectivity index (χ2n) is 7.73. The van der Waals surface area contributed by atoms with Gasteiger partial charge >= 0.3 is 0 Å². The Morgan fingerprint density at radius 2 is 1.55 bits per heavy atom. The van der Waals surface area contributed by atoms with E-state index in [0.717, 1.165) is 16.7 Å². The van der Waals surface area contributed by atoms with Crippen LogP contribution in [0, 0.1) is 13.8 Å². The number of anilines is 1. The van der Waals surface area contributed by atoms with Gasteiger partial charge in [-0.05, 0) is 54.7 Å². The first-order valence-corrected chi connectivity index (χ1v) is 11.7. The maximum Gasteiger partial charge on any atom is 0.264 e. The molecule has 162 valence electrons. The van der Waals surface area contributed by atoms with Crippen LogP contribution in [0.4, 0.5) is 5.69 Å². The van der Waals surface area contributed by atoms with Gasteiger partial charge in [-0.2, -0.15) is 0 Å². The van der Waals surface area contributed by atoms with Crippen LogP contribution in [0.5, 0.6) is 0 Å². The molecular weight excluding hydrogens is 408 g/mol. The van der Waals surface area contributed by atoms with Crippen molar-refractivity contribution in [2.75, 3.05) is 17.4 Å². The summed E-state index contributed by atoms with van der Waals surface area (Å²) in [5.74, 6) is -0.228. The topological polar surface area (TPSA) is 66.5 Å². The van der Waals surface area contributed by atoms with E-state index in [4.69, 9.17) is 0 Å².